The zero-order chi connectivity index (χ0) is 19.6. The van der Waals surface area contributed by atoms with E-state index < -0.39 is 75.7 Å². The van der Waals surface area contributed by atoms with Crippen molar-refractivity contribution in [3.05, 3.63) is 0 Å². The number of hydrogen-bond donors (Lipinski definition) is 0. The van der Waals surface area contributed by atoms with Crippen LogP contribution in [0.5, 0.6) is 0 Å². The first kappa shape index (κ1) is 25.3. The van der Waals surface area contributed by atoms with Gasteiger partial charge in [0.05, 0.1) is 0 Å². The van der Waals surface area contributed by atoms with E-state index in [1.807, 2.05) is 0 Å². The van der Waals surface area contributed by atoms with Gasteiger partial charge in [0.25, 0.3) is 8.60 Å². The van der Waals surface area contributed by atoms with Crippen LogP contribution in [-0.2, 0) is 12.6 Å². The molecule has 0 saturated heterocycles. The second-order valence-electron chi connectivity index (χ2n) is 4.88. The molecule has 0 unspecified atom stereocenters. The topological polar surface area (TPSA) is 27.7 Å². The summed E-state index contributed by atoms with van der Waals surface area (Å²) in [7, 11) is -7.16. The number of rotatable bonds is 12. The van der Waals surface area contributed by atoms with Crippen molar-refractivity contribution < 1.29 is 52.2 Å². The minimum atomic E-state index is -4.34. The van der Waals surface area contributed by atoms with E-state index in [1.165, 1.54) is 0 Å². The fraction of sp³-hybridized carbons (Fsp3) is 1.00. The maximum Gasteiger partial charge on any atom is 0.388 e. The Balaban J connectivity index is 4.12. The van der Waals surface area contributed by atoms with Gasteiger partial charge in [-0.25, -0.2) is 0 Å². The van der Waals surface area contributed by atoms with Gasteiger partial charge in [0.2, 0.25) is 0 Å². The normalized spacial score (nSPS) is 16.2. The first-order valence-electron chi connectivity index (χ1n) is 7.18. The van der Waals surface area contributed by atoms with Crippen molar-refractivity contribution in [2.24, 2.45) is 0 Å². The Bertz CT molecular complexity index is 302. The largest absolute Gasteiger partial charge is 0.388 e. The molecule has 0 aliphatic carbocycles. The summed E-state index contributed by atoms with van der Waals surface area (Å²) in [6.07, 6.45) is -16.2. The van der Waals surface area contributed by atoms with Gasteiger partial charge in [-0.3, -0.25) is 0 Å². The SMILES string of the molecule is FC(F)(F)CC[SiH2]OP(O[SiH2]CCC(F)(F)F)O[SiH2]CCC(F)(F)F. The molecule has 0 saturated carbocycles. The number of halogens is 9. The molecule has 0 amide bonds. The Morgan fingerprint density at radius 3 is 0.960 bits per heavy atom. The van der Waals surface area contributed by atoms with Crippen molar-refractivity contribution in [1.82, 2.24) is 0 Å². The minimum Gasteiger partial charge on any atom is -0.363 e. The maximum atomic E-state index is 12.0. The zero-order valence-electron chi connectivity index (χ0n) is 12.9. The highest BCUT2D eigenvalue weighted by atomic mass is 31.2. The highest BCUT2D eigenvalue weighted by Crippen LogP contribution is 2.40. The highest BCUT2D eigenvalue weighted by molar-refractivity contribution is 7.45. The second kappa shape index (κ2) is 11.9. The van der Waals surface area contributed by atoms with Crippen molar-refractivity contribution in [3.63, 3.8) is 0 Å². The third-order valence-electron chi connectivity index (χ3n) is 2.40. The molecule has 0 fully saturated rings. The van der Waals surface area contributed by atoms with Gasteiger partial charge >= 0.3 is 18.5 Å². The molecule has 0 spiro atoms. The molecule has 0 bridgehead atoms. The summed E-state index contributed by atoms with van der Waals surface area (Å²) >= 11 is 0. The molecule has 0 aliphatic rings. The van der Waals surface area contributed by atoms with Crippen molar-refractivity contribution in [2.75, 3.05) is 0 Å². The van der Waals surface area contributed by atoms with Gasteiger partial charge in [-0.15, -0.1) is 0 Å². The summed E-state index contributed by atoms with van der Waals surface area (Å²) in [5, 5.41) is 0. The van der Waals surface area contributed by atoms with E-state index in [1.54, 1.807) is 0 Å². The molecule has 0 radical (unpaired) electrons. The Hall–Kier alpha value is 0.331. The van der Waals surface area contributed by atoms with Gasteiger partial charge in [0, 0.05) is 19.3 Å². The third-order valence-corrected chi connectivity index (χ3v) is 9.05. The molecule has 0 atom stereocenters. The summed E-state index contributed by atoms with van der Waals surface area (Å²) < 4.78 is 123. The fourth-order valence-corrected chi connectivity index (χ4v) is 9.23. The molecule has 25 heavy (non-hydrogen) atoms. The predicted octanol–water partition coefficient (Wildman–Crippen LogP) is 3.63. The zero-order valence-corrected chi connectivity index (χ0v) is 18.1. The van der Waals surface area contributed by atoms with E-state index in [-0.39, 0.29) is 18.1 Å². The Labute approximate surface area is 146 Å². The smallest absolute Gasteiger partial charge is 0.363 e. The molecular formula is C9H18F9O3PSi3. The molecular weight excluding hydrogens is 442 g/mol. The average Bonchev–Trinajstić information content (AvgIpc) is 2.40. The molecule has 0 heterocycles. The number of alkyl halides is 9. The summed E-state index contributed by atoms with van der Waals surface area (Å²) in [6, 6.07) is -0.782. The van der Waals surface area contributed by atoms with E-state index >= 15 is 0 Å². The number of hydrogen-bond acceptors (Lipinski definition) is 3. The van der Waals surface area contributed by atoms with Gasteiger partial charge in [-0.2, -0.15) is 39.5 Å². The average molecular weight is 460 g/mol. The van der Waals surface area contributed by atoms with Crippen LogP contribution in [0.2, 0.25) is 18.1 Å². The molecule has 0 N–H and O–H groups in total. The first-order chi connectivity index (χ1) is 11.3. The van der Waals surface area contributed by atoms with Crippen LogP contribution < -0.4 is 0 Å². The van der Waals surface area contributed by atoms with Crippen molar-refractivity contribution in [1.29, 1.82) is 0 Å². The van der Waals surface area contributed by atoms with E-state index in [0.29, 0.717) is 0 Å². The lowest BCUT2D eigenvalue weighted by molar-refractivity contribution is -0.131. The quantitative estimate of drug-likeness (QED) is 0.193. The molecule has 152 valence electrons. The minimum absolute atomic E-state index is 0.261. The van der Waals surface area contributed by atoms with Gasteiger partial charge < -0.3 is 12.6 Å². The molecule has 0 aliphatic heterocycles. The summed E-state index contributed by atoms with van der Waals surface area (Å²) in [5.41, 5.74) is 0. The molecule has 0 aromatic rings. The lowest BCUT2D eigenvalue weighted by Crippen LogP contribution is -2.12. The summed E-state index contributed by atoms with van der Waals surface area (Å²) in [5.74, 6) is 0. The Kier molecular flexibility index (Phi) is 12.1. The van der Waals surface area contributed by atoms with Gasteiger partial charge in [-0.05, 0) is 18.1 Å². The van der Waals surface area contributed by atoms with Crippen LogP contribution >= 0.6 is 8.60 Å². The van der Waals surface area contributed by atoms with E-state index in [0.717, 1.165) is 0 Å². The Morgan fingerprint density at radius 2 is 0.760 bits per heavy atom. The standard InChI is InChI=1S/C9H18F9O3PSi3/c10-7(11,12)1-4-23-19-22(20-24-5-2-8(13,14)15)21-25-6-3-9(16,17)18/h1-6,23-25H2. The monoisotopic (exact) mass is 460 g/mol. The fourth-order valence-electron chi connectivity index (χ4n) is 1.35. The van der Waals surface area contributed by atoms with Crippen LogP contribution in [0.1, 0.15) is 19.3 Å². The predicted molar refractivity (Wildman–Crippen MR) is 82.2 cm³/mol. The second-order valence-corrected chi connectivity index (χ2v) is 11.8. The van der Waals surface area contributed by atoms with Crippen molar-refractivity contribution in [3.8, 4) is 0 Å². The highest BCUT2D eigenvalue weighted by Gasteiger charge is 2.29. The van der Waals surface area contributed by atoms with E-state index in [2.05, 4.69) is 0 Å². The van der Waals surface area contributed by atoms with Crippen LogP contribution in [0, 0.1) is 0 Å². The molecule has 0 rings (SSSR count). The lowest BCUT2D eigenvalue weighted by atomic mass is 10.5. The van der Waals surface area contributed by atoms with Crippen LogP contribution in [0.15, 0.2) is 0 Å². The maximum absolute atomic E-state index is 12.0. The summed E-state index contributed by atoms with van der Waals surface area (Å²) in [6.45, 7) is 0. The van der Waals surface area contributed by atoms with Crippen molar-refractivity contribution >= 4 is 37.9 Å². The first-order valence-corrected chi connectivity index (χ1v) is 13.0. The van der Waals surface area contributed by atoms with Gasteiger partial charge in [0.1, 0.15) is 0 Å². The summed E-state index contributed by atoms with van der Waals surface area (Å²) in [4.78, 5) is 0. The van der Waals surface area contributed by atoms with Crippen LogP contribution in [0.25, 0.3) is 0 Å². The van der Waals surface area contributed by atoms with E-state index in [9.17, 15) is 39.5 Å². The van der Waals surface area contributed by atoms with Crippen LogP contribution in [0.3, 0.4) is 0 Å². The molecule has 3 nitrogen and oxygen atoms in total. The lowest BCUT2D eigenvalue weighted by Gasteiger charge is -2.18. The molecule has 16 heteroatoms. The molecule has 0 aromatic carbocycles. The third kappa shape index (κ3) is 20.5. The molecule has 0 aromatic heterocycles. The Morgan fingerprint density at radius 1 is 0.520 bits per heavy atom. The van der Waals surface area contributed by atoms with Crippen molar-refractivity contribution in [2.45, 2.75) is 55.9 Å². The van der Waals surface area contributed by atoms with Crippen LogP contribution in [-0.4, -0.2) is 47.8 Å². The van der Waals surface area contributed by atoms with Gasteiger partial charge in [-0.1, -0.05) is 0 Å². The van der Waals surface area contributed by atoms with Gasteiger partial charge in [0.15, 0.2) is 29.3 Å². The van der Waals surface area contributed by atoms with Crippen LogP contribution in [0.4, 0.5) is 39.5 Å². The van der Waals surface area contributed by atoms with E-state index in [4.69, 9.17) is 12.6 Å².